The summed E-state index contributed by atoms with van der Waals surface area (Å²) in [7, 11) is 1.85. The molecule has 3 rings (SSSR count). The lowest BCUT2D eigenvalue weighted by Gasteiger charge is -2.34. The number of carbonyl (C=O) groups is 2. The largest absolute Gasteiger partial charge is 0.490 e. The molecule has 42 heavy (non-hydrogen) atoms. The van der Waals surface area contributed by atoms with E-state index in [1.54, 1.807) is 24.0 Å². The van der Waals surface area contributed by atoms with Gasteiger partial charge in [-0.1, -0.05) is 6.92 Å². The van der Waals surface area contributed by atoms with E-state index in [0.717, 1.165) is 43.5 Å². The molecule has 0 aliphatic carbocycles. The zero-order chi connectivity index (χ0) is 30.9. The van der Waals surface area contributed by atoms with Gasteiger partial charge in [0, 0.05) is 37.0 Å². The van der Waals surface area contributed by atoms with Crippen molar-refractivity contribution < 1.29 is 37.3 Å². The summed E-state index contributed by atoms with van der Waals surface area (Å²) in [5, 5.41) is 18.3. The molecule has 4 atom stereocenters. The number of amides is 3. The topological polar surface area (TPSA) is 112 Å². The van der Waals surface area contributed by atoms with Gasteiger partial charge in [-0.15, -0.1) is 0 Å². The number of hydrogen-bond donors (Lipinski definition) is 4. The van der Waals surface area contributed by atoms with Crippen LogP contribution < -0.4 is 20.7 Å². The number of aliphatic hydroxyl groups excluding tert-OH is 1. The van der Waals surface area contributed by atoms with Crippen LogP contribution >= 0.6 is 0 Å². The Kier molecular flexibility index (Phi) is 12.0. The summed E-state index contributed by atoms with van der Waals surface area (Å²) in [5.41, 5.74) is -0.163. The van der Waals surface area contributed by atoms with Crippen LogP contribution in [-0.2, 0) is 10.9 Å². The minimum Gasteiger partial charge on any atom is -0.490 e. The highest BCUT2D eigenvalue weighted by atomic mass is 19.4. The summed E-state index contributed by atoms with van der Waals surface area (Å²) in [6.07, 6.45) is -2.34. The molecule has 1 aliphatic heterocycles. The maximum atomic E-state index is 14.0. The molecule has 1 heterocycles. The van der Waals surface area contributed by atoms with Crippen molar-refractivity contribution in [2.45, 2.75) is 64.5 Å². The molecule has 0 radical (unpaired) electrons. The van der Waals surface area contributed by atoms with Crippen molar-refractivity contribution in [1.82, 2.24) is 10.2 Å². The average molecular weight is 595 g/mol. The summed E-state index contributed by atoms with van der Waals surface area (Å²) in [5.74, 6) is -0.0841. The number of ether oxygens (including phenoxy) is 2. The number of nitrogens with one attached hydrogen (secondary N) is 3. The molecule has 0 aromatic heterocycles. The van der Waals surface area contributed by atoms with Gasteiger partial charge in [0.05, 0.1) is 36.0 Å². The third-order valence-corrected chi connectivity index (χ3v) is 7.18. The van der Waals surface area contributed by atoms with Gasteiger partial charge in [0.15, 0.2) is 0 Å². The fourth-order valence-corrected chi connectivity index (χ4v) is 4.73. The number of halogens is 3. The van der Waals surface area contributed by atoms with Crippen molar-refractivity contribution in [3.63, 3.8) is 0 Å². The molecule has 12 heteroatoms. The summed E-state index contributed by atoms with van der Waals surface area (Å²) < 4.78 is 50.9. The Balaban J connectivity index is 1.89. The van der Waals surface area contributed by atoms with Gasteiger partial charge in [-0.2, -0.15) is 13.2 Å². The van der Waals surface area contributed by atoms with Crippen molar-refractivity contribution in [1.29, 1.82) is 0 Å². The molecule has 1 aliphatic rings. The highest BCUT2D eigenvalue weighted by Crippen LogP contribution is 2.31. The van der Waals surface area contributed by atoms with Gasteiger partial charge in [0.2, 0.25) is 0 Å². The molecule has 0 spiro atoms. The van der Waals surface area contributed by atoms with Crippen LogP contribution in [0.25, 0.3) is 0 Å². The van der Waals surface area contributed by atoms with Gasteiger partial charge in [0.25, 0.3) is 5.91 Å². The lowest BCUT2D eigenvalue weighted by Crippen LogP contribution is -2.47. The van der Waals surface area contributed by atoms with Gasteiger partial charge >= 0.3 is 12.2 Å². The number of benzene rings is 2. The van der Waals surface area contributed by atoms with Crippen molar-refractivity contribution in [2.24, 2.45) is 5.92 Å². The van der Waals surface area contributed by atoms with E-state index in [2.05, 4.69) is 16.0 Å². The smallest absolute Gasteiger partial charge is 0.416 e. The van der Waals surface area contributed by atoms with Crippen LogP contribution in [0.4, 0.5) is 29.3 Å². The number of urea groups is 1. The molecule has 0 bridgehead atoms. The number of nitrogens with zero attached hydrogens (tertiary/aromatic N) is 1. The summed E-state index contributed by atoms with van der Waals surface area (Å²) in [6.45, 7) is 6.93. The highest BCUT2D eigenvalue weighted by Gasteiger charge is 2.31. The SMILES string of the molecule is CNC[C@H]1OCCCC[C@@H](C)Oc2ccc(NC(=O)Nc3ccc(C(F)(F)F)cc3)cc2C(=O)N([C@H](C)CO)C[C@H]1C. The van der Waals surface area contributed by atoms with Crippen LogP contribution in [0.3, 0.4) is 0 Å². The molecule has 2 aromatic carbocycles. The number of anilines is 2. The fraction of sp³-hybridized carbons (Fsp3) is 0.533. The van der Waals surface area contributed by atoms with E-state index in [4.69, 9.17) is 9.47 Å². The third-order valence-electron chi connectivity index (χ3n) is 7.18. The monoisotopic (exact) mass is 594 g/mol. The number of rotatable bonds is 6. The zero-order valence-electron chi connectivity index (χ0n) is 24.5. The van der Waals surface area contributed by atoms with Gasteiger partial charge in [-0.05, 0) is 82.6 Å². The zero-order valence-corrected chi connectivity index (χ0v) is 24.5. The predicted octanol–water partition coefficient (Wildman–Crippen LogP) is 5.36. The molecule has 9 nitrogen and oxygen atoms in total. The quantitative estimate of drug-likeness (QED) is 0.358. The van der Waals surface area contributed by atoms with E-state index in [1.165, 1.54) is 6.07 Å². The van der Waals surface area contributed by atoms with E-state index < -0.39 is 23.8 Å². The third kappa shape index (κ3) is 9.33. The van der Waals surface area contributed by atoms with E-state index in [9.17, 15) is 27.9 Å². The Morgan fingerprint density at radius 3 is 2.40 bits per heavy atom. The number of carbonyl (C=O) groups excluding carboxylic acids is 2. The van der Waals surface area contributed by atoms with Crippen LogP contribution in [0, 0.1) is 5.92 Å². The standard InChI is InChI=1S/C30H41F3N4O5/c1-19-17-37(20(2)18-38)28(39)25-15-24(36-29(40)35-23-10-8-22(9-11-23)30(31,32)33)12-13-26(25)42-21(3)7-5-6-14-41-27(19)16-34-4/h8-13,15,19-21,27,34,38H,5-7,14,16-18H2,1-4H3,(H2,35,36,40)/t19-,20-,21-,27-/m1/s1. The molecular formula is C30H41F3N4O5. The molecule has 232 valence electrons. The fourth-order valence-electron chi connectivity index (χ4n) is 4.73. The molecule has 0 saturated carbocycles. The predicted molar refractivity (Wildman–Crippen MR) is 155 cm³/mol. The number of alkyl halides is 3. The lowest BCUT2D eigenvalue weighted by atomic mass is 10.0. The molecule has 0 saturated heterocycles. The minimum absolute atomic E-state index is 0.0579. The van der Waals surface area contributed by atoms with Crippen molar-refractivity contribution in [3.8, 4) is 5.75 Å². The Morgan fingerprint density at radius 2 is 1.76 bits per heavy atom. The second-order valence-electron chi connectivity index (χ2n) is 10.7. The summed E-state index contributed by atoms with van der Waals surface area (Å²) >= 11 is 0. The first-order chi connectivity index (χ1) is 19.9. The first kappa shape index (κ1) is 33.2. The van der Waals surface area contributed by atoms with Crippen LogP contribution in [0.1, 0.15) is 56.0 Å². The Hall–Kier alpha value is -3.35. The molecule has 0 unspecified atom stereocenters. The Morgan fingerprint density at radius 1 is 1.10 bits per heavy atom. The van der Waals surface area contributed by atoms with E-state index in [-0.39, 0.29) is 47.6 Å². The van der Waals surface area contributed by atoms with E-state index >= 15 is 0 Å². The molecule has 0 fully saturated rings. The second kappa shape index (κ2) is 15.2. The first-order valence-corrected chi connectivity index (χ1v) is 14.2. The number of aliphatic hydroxyl groups is 1. The van der Waals surface area contributed by atoms with Crippen molar-refractivity contribution >= 4 is 23.3 Å². The van der Waals surface area contributed by atoms with Crippen LogP contribution in [0.15, 0.2) is 42.5 Å². The van der Waals surface area contributed by atoms with Gasteiger partial charge in [-0.25, -0.2) is 4.79 Å². The van der Waals surface area contributed by atoms with Crippen LogP contribution in [-0.4, -0.2) is 73.5 Å². The van der Waals surface area contributed by atoms with Crippen LogP contribution in [0.5, 0.6) is 5.75 Å². The van der Waals surface area contributed by atoms with Crippen molar-refractivity contribution in [3.05, 3.63) is 53.6 Å². The van der Waals surface area contributed by atoms with Gasteiger partial charge in [0.1, 0.15) is 5.75 Å². The van der Waals surface area contributed by atoms with Crippen LogP contribution in [0.2, 0.25) is 0 Å². The molecule has 4 N–H and O–H groups in total. The Bertz CT molecular complexity index is 1180. The maximum absolute atomic E-state index is 14.0. The summed E-state index contributed by atoms with van der Waals surface area (Å²) in [6, 6.07) is 7.58. The lowest BCUT2D eigenvalue weighted by molar-refractivity contribution is -0.137. The summed E-state index contributed by atoms with van der Waals surface area (Å²) in [4.78, 5) is 28.3. The van der Waals surface area contributed by atoms with Gasteiger partial charge < -0.3 is 35.4 Å². The van der Waals surface area contributed by atoms with E-state index in [0.29, 0.717) is 25.4 Å². The number of fused-ring (bicyclic) bond motifs is 1. The normalized spacial score (nSPS) is 21.5. The molecule has 2 aromatic rings. The Labute approximate surface area is 244 Å². The maximum Gasteiger partial charge on any atom is 0.416 e. The molecule has 3 amide bonds. The van der Waals surface area contributed by atoms with Gasteiger partial charge in [-0.3, -0.25) is 4.79 Å². The number of hydrogen-bond acceptors (Lipinski definition) is 6. The van der Waals surface area contributed by atoms with E-state index in [1.807, 2.05) is 20.9 Å². The van der Waals surface area contributed by atoms with Crippen molar-refractivity contribution in [2.75, 3.05) is 44.0 Å². The molecular weight excluding hydrogens is 553 g/mol. The minimum atomic E-state index is -4.48. The average Bonchev–Trinajstić information content (AvgIpc) is 2.94. The second-order valence-corrected chi connectivity index (χ2v) is 10.7. The number of likely N-dealkylation sites (N-methyl/N-ethyl adjacent to an activating group) is 1. The highest BCUT2D eigenvalue weighted by molar-refractivity contribution is 6.02. The first-order valence-electron chi connectivity index (χ1n) is 14.2.